The molecule has 1 aromatic heterocycles. The van der Waals surface area contributed by atoms with Crippen LogP contribution in [-0.4, -0.2) is 22.1 Å². The maximum Gasteiger partial charge on any atom is 0.271 e. The third-order valence-electron chi connectivity index (χ3n) is 2.69. The molecule has 1 unspecified atom stereocenters. The van der Waals surface area contributed by atoms with Gasteiger partial charge < -0.3 is 11.1 Å². The summed E-state index contributed by atoms with van der Waals surface area (Å²) in [6, 6.07) is 0.156. The molecule has 0 fully saturated rings. The first-order valence-electron chi connectivity index (χ1n) is 6.10. The number of rotatable bonds is 6. The predicted octanol–water partition coefficient (Wildman–Crippen LogP) is 1.94. The summed E-state index contributed by atoms with van der Waals surface area (Å²) in [4.78, 5) is 11.8. The molecule has 1 atom stereocenters. The fourth-order valence-corrected chi connectivity index (χ4v) is 1.68. The van der Waals surface area contributed by atoms with Crippen molar-refractivity contribution in [2.75, 3.05) is 5.73 Å². The molecule has 0 bridgehead atoms. The number of amides is 1. The lowest BCUT2D eigenvalue weighted by Gasteiger charge is -2.14. The topological polar surface area (TPSA) is 83.8 Å². The van der Waals surface area contributed by atoms with Gasteiger partial charge in [0.25, 0.3) is 5.91 Å². The third kappa shape index (κ3) is 4.46. The molecule has 1 aromatic rings. The van der Waals surface area contributed by atoms with Gasteiger partial charge in [0.15, 0.2) is 0 Å². The number of aromatic amines is 1. The summed E-state index contributed by atoms with van der Waals surface area (Å²) >= 11 is 0. The Morgan fingerprint density at radius 3 is 2.71 bits per heavy atom. The minimum atomic E-state index is -0.183. The first-order valence-corrected chi connectivity index (χ1v) is 6.10. The van der Waals surface area contributed by atoms with E-state index in [0.717, 1.165) is 12.8 Å². The van der Waals surface area contributed by atoms with Crippen LogP contribution in [-0.2, 0) is 0 Å². The Kier molecular flexibility index (Phi) is 5.00. The molecule has 5 nitrogen and oxygen atoms in total. The molecule has 1 heterocycles. The number of nitrogens with two attached hydrogens (primary N) is 1. The molecule has 0 saturated carbocycles. The summed E-state index contributed by atoms with van der Waals surface area (Å²) in [5, 5.41) is 9.23. The number of nitrogens with one attached hydrogen (secondary N) is 2. The van der Waals surface area contributed by atoms with E-state index in [1.165, 1.54) is 12.6 Å². The molecule has 0 radical (unpaired) electrons. The van der Waals surface area contributed by atoms with E-state index in [1.54, 1.807) is 0 Å². The minimum Gasteiger partial charge on any atom is -0.396 e. The molecule has 0 aliphatic rings. The second kappa shape index (κ2) is 6.27. The van der Waals surface area contributed by atoms with Crippen molar-refractivity contribution in [3.8, 4) is 0 Å². The minimum absolute atomic E-state index is 0.156. The van der Waals surface area contributed by atoms with Gasteiger partial charge in [-0.1, -0.05) is 26.7 Å². The van der Waals surface area contributed by atoms with E-state index >= 15 is 0 Å². The van der Waals surface area contributed by atoms with Crippen LogP contribution in [0.3, 0.4) is 0 Å². The van der Waals surface area contributed by atoms with Crippen molar-refractivity contribution in [1.29, 1.82) is 0 Å². The SMILES string of the molecule is CC(C)CCCC(C)NC(=O)c1[nH]ncc1N. The summed E-state index contributed by atoms with van der Waals surface area (Å²) in [7, 11) is 0. The highest BCUT2D eigenvalue weighted by atomic mass is 16.2. The second-order valence-corrected chi connectivity index (χ2v) is 4.90. The maximum atomic E-state index is 11.8. The molecule has 17 heavy (non-hydrogen) atoms. The number of carbonyl (C=O) groups is 1. The number of anilines is 1. The van der Waals surface area contributed by atoms with Gasteiger partial charge in [-0.25, -0.2) is 0 Å². The van der Waals surface area contributed by atoms with Gasteiger partial charge in [-0.3, -0.25) is 9.89 Å². The fourth-order valence-electron chi connectivity index (χ4n) is 1.68. The van der Waals surface area contributed by atoms with Crippen molar-refractivity contribution in [3.63, 3.8) is 0 Å². The number of nitrogen functional groups attached to an aromatic ring is 1. The summed E-state index contributed by atoms with van der Waals surface area (Å²) in [5.74, 6) is 0.526. The van der Waals surface area contributed by atoms with Crippen molar-refractivity contribution in [2.45, 2.75) is 46.1 Å². The first-order chi connectivity index (χ1) is 8.00. The van der Waals surface area contributed by atoms with Crippen molar-refractivity contribution < 1.29 is 4.79 Å². The van der Waals surface area contributed by atoms with Crippen LogP contribution in [0.4, 0.5) is 5.69 Å². The molecule has 0 aliphatic heterocycles. The molecule has 0 spiro atoms. The summed E-state index contributed by atoms with van der Waals surface area (Å²) in [6.45, 7) is 6.41. The average molecular weight is 238 g/mol. The second-order valence-electron chi connectivity index (χ2n) is 4.90. The Balaban J connectivity index is 2.34. The Hall–Kier alpha value is -1.52. The number of nitrogens with zero attached hydrogens (tertiary/aromatic N) is 1. The molecular formula is C12H22N4O. The molecular weight excluding hydrogens is 216 g/mol. The van der Waals surface area contributed by atoms with Crippen LogP contribution in [0.1, 0.15) is 50.5 Å². The van der Waals surface area contributed by atoms with Gasteiger partial charge in [0.05, 0.1) is 11.9 Å². The van der Waals surface area contributed by atoms with E-state index in [0.29, 0.717) is 17.3 Å². The van der Waals surface area contributed by atoms with Crippen molar-refractivity contribution in [3.05, 3.63) is 11.9 Å². The lowest BCUT2D eigenvalue weighted by atomic mass is 10.0. The van der Waals surface area contributed by atoms with Crippen LogP contribution in [0.2, 0.25) is 0 Å². The third-order valence-corrected chi connectivity index (χ3v) is 2.69. The van der Waals surface area contributed by atoms with Crippen LogP contribution < -0.4 is 11.1 Å². The quantitative estimate of drug-likeness (QED) is 0.708. The summed E-state index contributed by atoms with van der Waals surface area (Å²) < 4.78 is 0. The maximum absolute atomic E-state index is 11.8. The first kappa shape index (κ1) is 13.5. The largest absolute Gasteiger partial charge is 0.396 e. The van der Waals surface area contributed by atoms with Crippen molar-refractivity contribution >= 4 is 11.6 Å². The van der Waals surface area contributed by atoms with Gasteiger partial charge in [0.1, 0.15) is 5.69 Å². The number of carbonyl (C=O) groups excluding carboxylic acids is 1. The smallest absolute Gasteiger partial charge is 0.271 e. The molecule has 0 aliphatic carbocycles. The molecule has 5 heteroatoms. The molecule has 96 valence electrons. The summed E-state index contributed by atoms with van der Waals surface area (Å²) in [5.41, 5.74) is 6.34. The van der Waals surface area contributed by atoms with E-state index in [4.69, 9.17) is 5.73 Å². The number of aromatic nitrogens is 2. The Morgan fingerprint density at radius 1 is 1.47 bits per heavy atom. The number of hydrogen-bond donors (Lipinski definition) is 3. The van der Waals surface area contributed by atoms with E-state index in [-0.39, 0.29) is 11.9 Å². The molecule has 0 aromatic carbocycles. The highest BCUT2D eigenvalue weighted by Gasteiger charge is 2.13. The zero-order valence-corrected chi connectivity index (χ0v) is 10.8. The highest BCUT2D eigenvalue weighted by molar-refractivity contribution is 5.97. The Morgan fingerprint density at radius 2 is 2.18 bits per heavy atom. The van der Waals surface area contributed by atoms with Crippen molar-refractivity contribution in [2.24, 2.45) is 5.92 Å². The monoisotopic (exact) mass is 238 g/mol. The average Bonchev–Trinajstić information content (AvgIpc) is 2.63. The molecule has 4 N–H and O–H groups in total. The molecule has 1 rings (SSSR count). The van der Waals surface area contributed by atoms with Gasteiger partial charge in [-0.2, -0.15) is 5.10 Å². The Bertz CT molecular complexity index is 359. The number of hydrogen-bond acceptors (Lipinski definition) is 3. The van der Waals surface area contributed by atoms with E-state index in [2.05, 4.69) is 29.4 Å². The fraction of sp³-hybridized carbons (Fsp3) is 0.667. The highest BCUT2D eigenvalue weighted by Crippen LogP contribution is 2.10. The zero-order valence-electron chi connectivity index (χ0n) is 10.8. The lowest BCUT2D eigenvalue weighted by Crippen LogP contribution is -2.33. The van der Waals surface area contributed by atoms with Gasteiger partial charge >= 0.3 is 0 Å². The Labute approximate surface area is 102 Å². The van der Waals surface area contributed by atoms with Crippen LogP contribution in [0.5, 0.6) is 0 Å². The van der Waals surface area contributed by atoms with Crippen LogP contribution in [0.15, 0.2) is 6.20 Å². The van der Waals surface area contributed by atoms with Gasteiger partial charge in [-0.15, -0.1) is 0 Å². The van der Waals surface area contributed by atoms with Gasteiger partial charge in [0, 0.05) is 6.04 Å². The molecule has 0 saturated heterocycles. The lowest BCUT2D eigenvalue weighted by molar-refractivity contribution is 0.0933. The standard InChI is InChI=1S/C12H22N4O/c1-8(2)5-4-6-9(3)15-12(17)11-10(13)7-14-16-11/h7-9H,4-6,13H2,1-3H3,(H,14,16)(H,15,17). The van der Waals surface area contributed by atoms with E-state index < -0.39 is 0 Å². The van der Waals surface area contributed by atoms with Crippen LogP contribution >= 0.6 is 0 Å². The van der Waals surface area contributed by atoms with Gasteiger partial charge in [0.2, 0.25) is 0 Å². The zero-order chi connectivity index (χ0) is 12.8. The van der Waals surface area contributed by atoms with Crippen molar-refractivity contribution in [1.82, 2.24) is 15.5 Å². The van der Waals surface area contributed by atoms with Crippen LogP contribution in [0, 0.1) is 5.92 Å². The van der Waals surface area contributed by atoms with E-state index in [1.807, 2.05) is 6.92 Å². The summed E-state index contributed by atoms with van der Waals surface area (Å²) in [6.07, 6.45) is 4.74. The van der Waals surface area contributed by atoms with Gasteiger partial charge in [-0.05, 0) is 19.3 Å². The van der Waals surface area contributed by atoms with E-state index in [9.17, 15) is 4.79 Å². The normalized spacial score (nSPS) is 12.7. The predicted molar refractivity (Wildman–Crippen MR) is 68.6 cm³/mol. The van der Waals surface area contributed by atoms with Crippen LogP contribution in [0.25, 0.3) is 0 Å². The number of H-pyrrole nitrogens is 1. The molecule has 1 amide bonds.